The van der Waals surface area contributed by atoms with Crippen LogP contribution in [-0.2, 0) is 14.3 Å². The minimum Gasteiger partial charge on any atom is -0.428 e. The van der Waals surface area contributed by atoms with Crippen LogP contribution < -0.4 is 4.74 Å². The lowest BCUT2D eigenvalue weighted by Crippen LogP contribution is -2.02. The molecule has 0 radical (unpaired) electrons. The Kier molecular flexibility index (Phi) is 5.90. The highest BCUT2D eigenvalue weighted by molar-refractivity contribution is 5.91. The standard InChI is InChI=1S/C21H20O4/c1-5-17(24-20(22)6-2)12-15-8-9-16-13-18(25-21(23)7-3)10-11-19(16)14(15)4/h6-13H,2-3,5H2,1,4H3/b17-12+. The molecule has 2 aromatic rings. The third kappa shape index (κ3) is 4.44. The summed E-state index contributed by atoms with van der Waals surface area (Å²) >= 11 is 0. The van der Waals surface area contributed by atoms with Crippen LogP contribution in [0.3, 0.4) is 0 Å². The SMILES string of the molecule is C=CC(=O)O/C(=C/c1ccc2cc(OC(=O)C=C)ccc2c1C)CC. The van der Waals surface area contributed by atoms with Crippen LogP contribution >= 0.6 is 0 Å². The minimum absolute atomic E-state index is 0.467. The number of aryl methyl sites for hydroxylation is 1. The van der Waals surface area contributed by atoms with E-state index in [1.54, 1.807) is 12.1 Å². The third-order valence-corrected chi connectivity index (χ3v) is 3.75. The number of carbonyl (C=O) groups excluding carboxylic acids is 2. The Balaban J connectivity index is 2.40. The molecule has 2 aromatic carbocycles. The number of fused-ring (bicyclic) bond motifs is 1. The summed E-state index contributed by atoms with van der Waals surface area (Å²) in [7, 11) is 0. The zero-order chi connectivity index (χ0) is 18.4. The Bertz CT molecular complexity index is 875. The molecule has 4 heteroatoms. The van der Waals surface area contributed by atoms with Crippen molar-refractivity contribution in [2.75, 3.05) is 0 Å². The quantitative estimate of drug-likeness (QED) is 0.331. The van der Waals surface area contributed by atoms with Crippen LogP contribution in [0.4, 0.5) is 0 Å². The van der Waals surface area contributed by atoms with Crippen molar-refractivity contribution in [1.29, 1.82) is 0 Å². The van der Waals surface area contributed by atoms with Crippen molar-refractivity contribution in [2.45, 2.75) is 20.3 Å². The fourth-order valence-corrected chi connectivity index (χ4v) is 2.41. The summed E-state index contributed by atoms with van der Waals surface area (Å²) in [6, 6.07) is 9.31. The van der Waals surface area contributed by atoms with E-state index in [0.717, 1.165) is 34.1 Å². The molecule has 128 valence electrons. The monoisotopic (exact) mass is 336 g/mol. The molecule has 0 saturated heterocycles. The molecule has 0 bridgehead atoms. The van der Waals surface area contributed by atoms with Crippen LogP contribution in [0, 0.1) is 6.92 Å². The van der Waals surface area contributed by atoms with Gasteiger partial charge in [-0.05, 0) is 47.0 Å². The van der Waals surface area contributed by atoms with E-state index in [0.29, 0.717) is 17.9 Å². The molecule has 0 atom stereocenters. The zero-order valence-electron chi connectivity index (χ0n) is 14.4. The number of esters is 2. The number of carbonyl (C=O) groups is 2. The zero-order valence-corrected chi connectivity index (χ0v) is 14.4. The lowest BCUT2D eigenvalue weighted by molar-refractivity contribution is -0.134. The van der Waals surface area contributed by atoms with Crippen LogP contribution in [0.2, 0.25) is 0 Å². The van der Waals surface area contributed by atoms with Gasteiger partial charge in [-0.15, -0.1) is 0 Å². The highest BCUT2D eigenvalue weighted by atomic mass is 16.5. The van der Waals surface area contributed by atoms with Gasteiger partial charge in [0.1, 0.15) is 11.5 Å². The predicted octanol–water partition coefficient (Wildman–Crippen LogP) is 4.72. The molecule has 0 spiro atoms. The average Bonchev–Trinajstić information content (AvgIpc) is 2.62. The van der Waals surface area contributed by atoms with E-state index in [2.05, 4.69) is 13.2 Å². The van der Waals surface area contributed by atoms with Gasteiger partial charge in [-0.2, -0.15) is 0 Å². The molecule has 0 unspecified atom stereocenters. The minimum atomic E-state index is -0.493. The molecule has 0 saturated carbocycles. The summed E-state index contributed by atoms with van der Waals surface area (Å²) in [5.41, 5.74) is 2.00. The lowest BCUT2D eigenvalue weighted by Gasteiger charge is -2.10. The summed E-state index contributed by atoms with van der Waals surface area (Å²) in [6.07, 6.45) is 4.71. The van der Waals surface area contributed by atoms with E-state index in [9.17, 15) is 9.59 Å². The van der Waals surface area contributed by atoms with Crippen LogP contribution in [0.15, 0.2) is 61.4 Å². The molecular formula is C21H20O4. The number of allylic oxidation sites excluding steroid dienone is 1. The smallest absolute Gasteiger partial charge is 0.335 e. The van der Waals surface area contributed by atoms with Gasteiger partial charge < -0.3 is 9.47 Å². The molecule has 0 aliphatic carbocycles. The first-order chi connectivity index (χ1) is 12.0. The Morgan fingerprint density at radius 1 is 1.08 bits per heavy atom. The second kappa shape index (κ2) is 8.11. The maximum absolute atomic E-state index is 11.4. The van der Waals surface area contributed by atoms with Crippen molar-refractivity contribution >= 4 is 28.8 Å². The predicted molar refractivity (Wildman–Crippen MR) is 99.1 cm³/mol. The van der Waals surface area contributed by atoms with Crippen LogP contribution in [0.25, 0.3) is 16.8 Å². The maximum atomic E-state index is 11.4. The molecule has 0 aliphatic rings. The van der Waals surface area contributed by atoms with Gasteiger partial charge in [0, 0.05) is 18.6 Å². The first-order valence-electron chi connectivity index (χ1n) is 7.91. The van der Waals surface area contributed by atoms with Gasteiger partial charge in [0.05, 0.1) is 0 Å². The number of hydrogen-bond acceptors (Lipinski definition) is 4. The van der Waals surface area contributed by atoms with Gasteiger partial charge in [0.2, 0.25) is 0 Å². The Labute approximate surface area is 147 Å². The highest BCUT2D eigenvalue weighted by Gasteiger charge is 2.08. The molecule has 0 N–H and O–H groups in total. The number of rotatable bonds is 6. The van der Waals surface area contributed by atoms with Gasteiger partial charge in [-0.25, -0.2) is 9.59 Å². The van der Waals surface area contributed by atoms with Gasteiger partial charge in [0.25, 0.3) is 0 Å². The second-order valence-corrected chi connectivity index (χ2v) is 5.38. The highest BCUT2D eigenvalue weighted by Crippen LogP contribution is 2.27. The molecule has 0 heterocycles. The maximum Gasteiger partial charge on any atom is 0.335 e. The third-order valence-electron chi connectivity index (χ3n) is 3.75. The molecule has 4 nitrogen and oxygen atoms in total. The van der Waals surface area contributed by atoms with E-state index in [1.807, 2.05) is 38.1 Å². The van der Waals surface area contributed by atoms with Crippen molar-refractivity contribution in [3.63, 3.8) is 0 Å². The number of hydrogen-bond donors (Lipinski definition) is 0. The fourth-order valence-electron chi connectivity index (χ4n) is 2.41. The Hall–Kier alpha value is -3.14. The van der Waals surface area contributed by atoms with Crippen LogP contribution in [-0.4, -0.2) is 11.9 Å². The molecule has 2 rings (SSSR count). The number of benzene rings is 2. The second-order valence-electron chi connectivity index (χ2n) is 5.38. The Morgan fingerprint density at radius 3 is 2.44 bits per heavy atom. The molecular weight excluding hydrogens is 316 g/mol. The summed E-state index contributed by atoms with van der Waals surface area (Å²) in [5.74, 6) is 0.0746. The first kappa shape index (κ1) is 18.2. The van der Waals surface area contributed by atoms with Crippen molar-refractivity contribution in [1.82, 2.24) is 0 Å². The molecule has 25 heavy (non-hydrogen) atoms. The van der Waals surface area contributed by atoms with Crippen LogP contribution in [0.5, 0.6) is 5.75 Å². The molecule has 0 fully saturated rings. The summed E-state index contributed by atoms with van der Waals surface area (Å²) in [6.45, 7) is 10.7. The van der Waals surface area contributed by atoms with Gasteiger partial charge in [-0.3, -0.25) is 0 Å². The number of ether oxygens (including phenoxy) is 2. The van der Waals surface area contributed by atoms with Crippen molar-refractivity contribution in [3.8, 4) is 5.75 Å². The normalized spacial score (nSPS) is 11.0. The largest absolute Gasteiger partial charge is 0.428 e. The first-order valence-corrected chi connectivity index (χ1v) is 7.91. The Morgan fingerprint density at radius 2 is 1.80 bits per heavy atom. The van der Waals surface area contributed by atoms with E-state index in [1.165, 1.54) is 0 Å². The van der Waals surface area contributed by atoms with E-state index >= 15 is 0 Å². The van der Waals surface area contributed by atoms with Crippen molar-refractivity contribution in [3.05, 3.63) is 72.5 Å². The van der Waals surface area contributed by atoms with E-state index in [-0.39, 0.29) is 0 Å². The fraction of sp³-hybridized carbons (Fsp3) is 0.143. The van der Waals surface area contributed by atoms with Crippen LogP contribution in [0.1, 0.15) is 24.5 Å². The summed E-state index contributed by atoms with van der Waals surface area (Å²) in [5, 5.41) is 1.97. The molecule has 0 aliphatic heterocycles. The topological polar surface area (TPSA) is 52.6 Å². The summed E-state index contributed by atoms with van der Waals surface area (Å²) in [4.78, 5) is 22.7. The van der Waals surface area contributed by atoms with Gasteiger partial charge >= 0.3 is 11.9 Å². The van der Waals surface area contributed by atoms with Gasteiger partial charge in [-0.1, -0.05) is 38.3 Å². The van der Waals surface area contributed by atoms with E-state index in [4.69, 9.17) is 9.47 Å². The lowest BCUT2D eigenvalue weighted by atomic mass is 9.99. The van der Waals surface area contributed by atoms with E-state index < -0.39 is 11.9 Å². The van der Waals surface area contributed by atoms with Crippen molar-refractivity contribution in [2.24, 2.45) is 0 Å². The summed E-state index contributed by atoms with van der Waals surface area (Å²) < 4.78 is 10.4. The molecule has 0 aromatic heterocycles. The average molecular weight is 336 g/mol. The van der Waals surface area contributed by atoms with Gasteiger partial charge in [0.15, 0.2) is 0 Å². The molecule has 0 amide bonds. The van der Waals surface area contributed by atoms with Crippen molar-refractivity contribution < 1.29 is 19.1 Å².